The summed E-state index contributed by atoms with van der Waals surface area (Å²) in [5.74, 6) is -0.893. The molecule has 7 nitrogen and oxygen atoms in total. The third-order valence-corrected chi connectivity index (χ3v) is 3.55. The van der Waals surface area contributed by atoms with Gasteiger partial charge in [0.1, 0.15) is 11.6 Å². The van der Waals surface area contributed by atoms with Crippen LogP contribution < -0.4 is 16.4 Å². The number of nitrogens with zero attached hydrogens (tertiary/aromatic N) is 1. The highest BCUT2D eigenvalue weighted by molar-refractivity contribution is 6.06. The van der Waals surface area contributed by atoms with Crippen LogP contribution in [-0.2, 0) is 16.1 Å². The summed E-state index contributed by atoms with van der Waals surface area (Å²) in [5, 5.41) is 14.7. The molecular weight excluding hydrogens is 344 g/mol. The molecular formula is C20H20N4O3. The van der Waals surface area contributed by atoms with Crippen LogP contribution in [0.2, 0.25) is 0 Å². The SMILES string of the molecule is CCOC(=O)c1ccc(CN/C=C(/C#N)C(=O)Nc2ccc(N)cc2)cc1. The molecule has 0 aliphatic heterocycles. The number of nitriles is 1. The van der Waals surface area contributed by atoms with Crippen molar-refractivity contribution < 1.29 is 14.3 Å². The van der Waals surface area contributed by atoms with Crippen LogP contribution in [0.1, 0.15) is 22.8 Å². The van der Waals surface area contributed by atoms with Crippen LogP contribution in [0.15, 0.2) is 60.3 Å². The highest BCUT2D eigenvalue weighted by Gasteiger charge is 2.09. The first kappa shape index (κ1) is 19.5. The lowest BCUT2D eigenvalue weighted by molar-refractivity contribution is -0.112. The first-order valence-corrected chi connectivity index (χ1v) is 8.30. The molecule has 2 aromatic rings. The molecule has 0 fully saturated rings. The van der Waals surface area contributed by atoms with E-state index in [9.17, 15) is 14.9 Å². The van der Waals surface area contributed by atoms with Crippen molar-refractivity contribution in [3.05, 3.63) is 71.4 Å². The van der Waals surface area contributed by atoms with Crippen molar-refractivity contribution in [1.29, 1.82) is 5.26 Å². The number of anilines is 2. The second kappa shape index (κ2) is 9.63. The Bertz CT molecular complexity index is 866. The fourth-order valence-electron chi connectivity index (χ4n) is 2.16. The van der Waals surface area contributed by atoms with E-state index >= 15 is 0 Å². The van der Waals surface area contributed by atoms with Gasteiger partial charge in [-0.3, -0.25) is 4.79 Å². The number of nitrogen functional groups attached to an aromatic ring is 1. The van der Waals surface area contributed by atoms with Crippen LogP contribution >= 0.6 is 0 Å². The average Bonchev–Trinajstić information content (AvgIpc) is 2.67. The number of rotatable bonds is 7. The molecule has 0 saturated heterocycles. The molecule has 0 unspecified atom stereocenters. The topological polar surface area (TPSA) is 117 Å². The van der Waals surface area contributed by atoms with Crippen molar-refractivity contribution in [3.63, 3.8) is 0 Å². The van der Waals surface area contributed by atoms with Crippen LogP contribution in [0.25, 0.3) is 0 Å². The average molecular weight is 364 g/mol. The molecule has 7 heteroatoms. The molecule has 0 aromatic heterocycles. The summed E-state index contributed by atoms with van der Waals surface area (Å²) < 4.78 is 4.93. The maximum absolute atomic E-state index is 12.1. The van der Waals surface area contributed by atoms with Crippen molar-refractivity contribution in [2.45, 2.75) is 13.5 Å². The van der Waals surface area contributed by atoms with Crippen molar-refractivity contribution in [3.8, 4) is 6.07 Å². The van der Waals surface area contributed by atoms with Gasteiger partial charge in [-0.25, -0.2) is 4.79 Å². The number of benzene rings is 2. The van der Waals surface area contributed by atoms with Gasteiger partial charge in [-0.15, -0.1) is 0 Å². The van der Waals surface area contributed by atoms with Gasteiger partial charge in [-0.05, 0) is 48.9 Å². The number of nitrogens with one attached hydrogen (secondary N) is 2. The van der Waals surface area contributed by atoms with E-state index < -0.39 is 5.91 Å². The molecule has 0 atom stereocenters. The molecule has 2 rings (SSSR count). The summed E-state index contributed by atoms with van der Waals surface area (Å²) in [7, 11) is 0. The van der Waals surface area contributed by atoms with Crippen molar-refractivity contribution in [2.75, 3.05) is 17.7 Å². The van der Waals surface area contributed by atoms with Crippen LogP contribution in [0.3, 0.4) is 0 Å². The zero-order valence-electron chi connectivity index (χ0n) is 14.9. The van der Waals surface area contributed by atoms with Gasteiger partial charge in [0.15, 0.2) is 0 Å². The summed E-state index contributed by atoms with van der Waals surface area (Å²) in [6.07, 6.45) is 1.35. The molecule has 0 heterocycles. The van der Waals surface area contributed by atoms with Gasteiger partial charge in [0.25, 0.3) is 5.91 Å². The van der Waals surface area contributed by atoms with E-state index in [0.29, 0.717) is 30.1 Å². The number of esters is 1. The number of amides is 1. The van der Waals surface area contributed by atoms with Crippen LogP contribution in [0, 0.1) is 11.3 Å². The molecule has 0 bridgehead atoms. The van der Waals surface area contributed by atoms with Crippen molar-refractivity contribution in [1.82, 2.24) is 5.32 Å². The van der Waals surface area contributed by atoms with Crippen LogP contribution in [0.4, 0.5) is 11.4 Å². The number of carbonyl (C=O) groups is 2. The number of hydrogen-bond acceptors (Lipinski definition) is 6. The van der Waals surface area contributed by atoms with E-state index in [1.54, 1.807) is 55.5 Å². The van der Waals surface area contributed by atoms with Crippen LogP contribution in [-0.4, -0.2) is 18.5 Å². The lowest BCUT2D eigenvalue weighted by Crippen LogP contribution is -2.16. The highest BCUT2D eigenvalue weighted by atomic mass is 16.5. The van der Waals surface area contributed by atoms with E-state index in [1.807, 2.05) is 6.07 Å². The summed E-state index contributed by atoms with van der Waals surface area (Å²) >= 11 is 0. The predicted molar refractivity (Wildman–Crippen MR) is 102 cm³/mol. The lowest BCUT2D eigenvalue weighted by Gasteiger charge is -2.06. The summed E-state index contributed by atoms with van der Waals surface area (Å²) in [5.41, 5.74) is 8.02. The highest BCUT2D eigenvalue weighted by Crippen LogP contribution is 2.11. The summed E-state index contributed by atoms with van der Waals surface area (Å²) in [4.78, 5) is 23.7. The Labute approximate surface area is 157 Å². The molecule has 4 N–H and O–H groups in total. The summed E-state index contributed by atoms with van der Waals surface area (Å²) in [6, 6.07) is 15.3. The Morgan fingerprint density at radius 1 is 1.15 bits per heavy atom. The predicted octanol–water partition coefficient (Wildman–Crippen LogP) is 2.58. The van der Waals surface area contributed by atoms with Crippen molar-refractivity contribution >= 4 is 23.3 Å². The minimum Gasteiger partial charge on any atom is -0.462 e. The normalized spacial score (nSPS) is 10.6. The lowest BCUT2D eigenvalue weighted by atomic mass is 10.1. The number of carbonyl (C=O) groups excluding carboxylic acids is 2. The third-order valence-electron chi connectivity index (χ3n) is 3.55. The third kappa shape index (κ3) is 5.90. The molecule has 0 aliphatic rings. The molecule has 138 valence electrons. The Kier molecular flexibility index (Phi) is 6.97. The number of nitrogens with two attached hydrogens (primary N) is 1. The van der Waals surface area contributed by atoms with E-state index in [1.165, 1.54) is 6.20 Å². The molecule has 1 amide bonds. The van der Waals surface area contributed by atoms with Gasteiger partial charge in [-0.2, -0.15) is 5.26 Å². The maximum Gasteiger partial charge on any atom is 0.338 e. The van der Waals surface area contributed by atoms with Crippen molar-refractivity contribution in [2.24, 2.45) is 0 Å². The molecule has 0 radical (unpaired) electrons. The molecule has 0 aliphatic carbocycles. The quantitative estimate of drug-likeness (QED) is 0.301. The van der Waals surface area contributed by atoms with Gasteiger partial charge < -0.3 is 21.1 Å². The molecule has 0 saturated carbocycles. The Morgan fingerprint density at radius 3 is 2.41 bits per heavy atom. The first-order chi connectivity index (χ1) is 13.0. The summed E-state index contributed by atoms with van der Waals surface area (Å²) in [6.45, 7) is 2.46. The van der Waals surface area contributed by atoms with Gasteiger partial charge in [0.2, 0.25) is 0 Å². The zero-order valence-corrected chi connectivity index (χ0v) is 14.9. The molecule has 0 spiro atoms. The Balaban J connectivity index is 1.92. The van der Waals surface area contributed by atoms with Gasteiger partial charge >= 0.3 is 5.97 Å². The van der Waals surface area contributed by atoms with Gasteiger partial charge in [0.05, 0.1) is 12.2 Å². The van der Waals surface area contributed by atoms with E-state index in [0.717, 1.165) is 5.56 Å². The Morgan fingerprint density at radius 2 is 1.81 bits per heavy atom. The second-order valence-electron chi connectivity index (χ2n) is 5.54. The first-order valence-electron chi connectivity index (χ1n) is 8.30. The van der Waals surface area contributed by atoms with Gasteiger partial charge in [0, 0.05) is 24.1 Å². The van der Waals surface area contributed by atoms with E-state index in [4.69, 9.17) is 10.5 Å². The van der Waals surface area contributed by atoms with Crippen LogP contribution in [0.5, 0.6) is 0 Å². The molecule has 2 aromatic carbocycles. The minimum absolute atomic E-state index is 0.0602. The zero-order chi connectivity index (χ0) is 19.6. The Hall–Kier alpha value is -3.79. The van der Waals surface area contributed by atoms with E-state index in [-0.39, 0.29) is 11.5 Å². The fourth-order valence-corrected chi connectivity index (χ4v) is 2.16. The maximum atomic E-state index is 12.1. The second-order valence-corrected chi connectivity index (χ2v) is 5.54. The molecule has 27 heavy (non-hydrogen) atoms. The fraction of sp³-hybridized carbons (Fsp3) is 0.150. The standard InChI is InChI=1S/C20H20N4O3/c1-2-27-20(26)15-5-3-14(4-6-15)12-23-13-16(11-21)19(25)24-18-9-7-17(22)8-10-18/h3-10,13,23H,2,12,22H2,1H3,(H,24,25)/b16-13-. The number of hydrogen-bond donors (Lipinski definition) is 3. The minimum atomic E-state index is -0.521. The van der Waals surface area contributed by atoms with E-state index in [2.05, 4.69) is 10.6 Å². The largest absolute Gasteiger partial charge is 0.462 e. The van der Waals surface area contributed by atoms with Gasteiger partial charge in [-0.1, -0.05) is 12.1 Å². The number of ether oxygens (including phenoxy) is 1. The smallest absolute Gasteiger partial charge is 0.338 e. The monoisotopic (exact) mass is 364 g/mol.